The van der Waals surface area contributed by atoms with Gasteiger partial charge in [-0.2, -0.15) is 0 Å². The van der Waals surface area contributed by atoms with E-state index < -0.39 is 0 Å². The number of nitrogens with zero attached hydrogens (tertiary/aromatic N) is 2. The van der Waals surface area contributed by atoms with Crippen molar-refractivity contribution in [2.75, 3.05) is 0 Å². The summed E-state index contributed by atoms with van der Waals surface area (Å²) in [7, 11) is 0. The molecule has 0 bridgehead atoms. The fraction of sp³-hybridized carbons (Fsp3) is 0. The Labute approximate surface area is 64.6 Å². The average Bonchev–Trinajstić information content (AvgIpc) is 2.28. The molecule has 1 aromatic heterocycles. The van der Waals surface area contributed by atoms with E-state index in [1.165, 1.54) is 0 Å². The minimum Gasteiger partial charge on any atom is -0.237 e. The minimum absolute atomic E-state index is 0.758. The molecule has 1 aromatic rings. The van der Waals surface area contributed by atoms with Crippen molar-refractivity contribution in [3.05, 3.63) is 35.7 Å². The van der Waals surface area contributed by atoms with Gasteiger partial charge in [-0.25, -0.2) is 9.98 Å². The van der Waals surface area contributed by atoms with Crippen LogP contribution < -0.4 is 0 Å². The van der Waals surface area contributed by atoms with Gasteiger partial charge >= 0.3 is 0 Å². The molecule has 0 aromatic carbocycles. The highest BCUT2D eigenvalue weighted by atomic mass is 14.9. The Hall–Kier alpha value is -1.66. The quantitative estimate of drug-likeness (QED) is 0.508. The Morgan fingerprint density at radius 2 is 2.36 bits per heavy atom. The summed E-state index contributed by atoms with van der Waals surface area (Å²) >= 11 is 0. The van der Waals surface area contributed by atoms with Gasteiger partial charge in [-0.15, -0.1) is 5.73 Å². The van der Waals surface area contributed by atoms with Gasteiger partial charge in [0.2, 0.25) is 0 Å². The normalized spacial score (nSPS) is 12.7. The smallest absolute Gasteiger partial charge is 0.159 e. The van der Waals surface area contributed by atoms with Crippen LogP contribution in [0, 0.1) is 0 Å². The summed E-state index contributed by atoms with van der Waals surface area (Å²) in [6.45, 7) is 0. The molecule has 0 atom stereocenters. The van der Waals surface area contributed by atoms with Crippen molar-refractivity contribution in [2.45, 2.75) is 0 Å². The lowest BCUT2D eigenvalue weighted by Crippen LogP contribution is -1.76. The van der Waals surface area contributed by atoms with Crippen molar-refractivity contribution < 1.29 is 0 Å². The van der Waals surface area contributed by atoms with Crippen molar-refractivity contribution >= 4 is 18.1 Å². The summed E-state index contributed by atoms with van der Waals surface area (Å²) in [5.74, 6) is 0.758. The average molecular weight is 142 g/mol. The zero-order chi connectivity index (χ0) is 7.52. The number of pyridine rings is 1. The summed E-state index contributed by atoms with van der Waals surface area (Å²) in [4.78, 5) is 8.19. The van der Waals surface area contributed by atoms with Crippen LogP contribution in [0.4, 0.5) is 5.82 Å². The van der Waals surface area contributed by atoms with Gasteiger partial charge in [0.1, 0.15) is 0 Å². The van der Waals surface area contributed by atoms with Crippen LogP contribution in [0.15, 0.2) is 35.1 Å². The molecule has 2 nitrogen and oxygen atoms in total. The fourth-order valence-electron chi connectivity index (χ4n) is 0.919. The molecule has 0 unspecified atom stereocenters. The zero-order valence-corrected chi connectivity index (χ0v) is 5.86. The highest BCUT2D eigenvalue weighted by Crippen LogP contribution is 2.16. The van der Waals surface area contributed by atoms with E-state index in [9.17, 15) is 0 Å². The monoisotopic (exact) mass is 142 g/mol. The summed E-state index contributed by atoms with van der Waals surface area (Å²) in [6, 6.07) is 3.85. The van der Waals surface area contributed by atoms with Gasteiger partial charge in [0.25, 0.3) is 0 Å². The van der Waals surface area contributed by atoms with Crippen LogP contribution in [0.25, 0.3) is 6.08 Å². The van der Waals surface area contributed by atoms with Gasteiger partial charge < -0.3 is 0 Å². The van der Waals surface area contributed by atoms with Crippen LogP contribution in [0.3, 0.4) is 0 Å². The maximum Gasteiger partial charge on any atom is 0.159 e. The molecule has 1 aliphatic heterocycles. The number of allylic oxidation sites excluding steroid dienone is 1. The second kappa shape index (κ2) is 2.52. The van der Waals surface area contributed by atoms with Crippen LogP contribution >= 0.6 is 0 Å². The Morgan fingerprint density at radius 3 is 3.36 bits per heavy atom. The van der Waals surface area contributed by atoms with E-state index in [1.54, 1.807) is 18.5 Å². The third-order valence-corrected chi connectivity index (χ3v) is 1.42. The van der Waals surface area contributed by atoms with Crippen molar-refractivity contribution in [1.29, 1.82) is 0 Å². The number of hydrogen-bond donors (Lipinski definition) is 0. The van der Waals surface area contributed by atoms with E-state index in [-0.39, 0.29) is 0 Å². The summed E-state index contributed by atoms with van der Waals surface area (Å²) < 4.78 is 0. The van der Waals surface area contributed by atoms with Crippen LogP contribution in [0.2, 0.25) is 0 Å². The Morgan fingerprint density at radius 1 is 1.36 bits per heavy atom. The number of aliphatic imine (C=N–C) groups is 1. The summed E-state index contributed by atoms with van der Waals surface area (Å²) in [5, 5.41) is 0. The first-order valence-electron chi connectivity index (χ1n) is 3.37. The number of rotatable bonds is 0. The molecule has 0 amide bonds. The van der Waals surface area contributed by atoms with E-state index in [0.717, 1.165) is 11.4 Å². The predicted molar refractivity (Wildman–Crippen MR) is 44.9 cm³/mol. The lowest BCUT2D eigenvalue weighted by atomic mass is 10.2. The molecule has 11 heavy (non-hydrogen) atoms. The van der Waals surface area contributed by atoms with Gasteiger partial charge in [-0.1, -0.05) is 0 Å². The summed E-state index contributed by atoms with van der Waals surface area (Å²) in [5.41, 5.74) is 3.98. The largest absolute Gasteiger partial charge is 0.237 e. The molecule has 0 spiro atoms. The van der Waals surface area contributed by atoms with E-state index >= 15 is 0 Å². The Balaban J connectivity index is 2.67. The van der Waals surface area contributed by atoms with Gasteiger partial charge in [-0.3, -0.25) is 0 Å². The van der Waals surface area contributed by atoms with E-state index in [4.69, 9.17) is 0 Å². The Kier molecular flexibility index (Phi) is 1.39. The second-order valence-corrected chi connectivity index (χ2v) is 2.17. The molecular formula is C9H6N2. The maximum absolute atomic E-state index is 4.10. The van der Waals surface area contributed by atoms with Crippen LogP contribution in [-0.4, -0.2) is 11.2 Å². The molecule has 0 radical (unpaired) electrons. The van der Waals surface area contributed by atoms with Crippen molar-refractivity contribution in [2.24, 2.45) is 4.99 Å². The maximum atomic E-state index is 4.10. The highest BCUT2D eigenvalue weighted by Gasteiger charge is 1.96. The molecule has 2 heteroatoms. The molecule has 0 fully saturated rings. The lowest BCUT2D eigenvalue weighted by molar-refractivity contribution is 1.27. The third kappa shape index (κ3) is 1.11. The van der Waals surface area contributed by atoms with Crippen molar-refractivity contribution in [3.63, 3.8) is 0 Å². The number of aromatic nitrogens is 1. The van der Waals surface area contributed by atoms with E-state index in [1.807, 2.05) is 18.2 Å². The van der Waals surface area contributed by atoms with Crippen LogP contribution in [0.5, 0.6) is 0 Å². The molecule has 0 saturated heterocycles. The Bertz CT molecular complexity index is 358. The molecular weight excluding hydrogens is 136 g/mol. The van der Waals surface area contributed by atoms with Crippen molar-refractivity contribution in [3.8, 4) is 0 Å². The second-order valence-electron chi connectivity index (χ2n) is 2.17. The SMILES string of the molecule is C1=CC=Nc2ncccc2C=1. The first-order chi connectivity index (χ1) is 5.47. The molecule has 2 heterocycles. The standard InChI is InChI=1S/C9H6N2/c1-2-6-10-9-8(4-1)5-3-7-11-9/h2-7H. The summed E-state index contributed by atoms with van der Waals surface area (Å²) in [6.07, 6.45) is 7.06. The number of fused-ring (bicyclic) bond motifs is 1. The van der Waals surface area contributed by atoms with Gasteiger partial charge in [0.15, 0.2) is 5.82 Å². The molecule has 0 aliphatic carbocycles. The predicted octanol–water partition coefficient (Wildman–Crippen LogP) is 1.97. The molecule has 2 rings (SSSR count). The van der Waals surface area contributed by atoms with Crippen LogP contribution in [-0.2, 0) is 0 Å². The number of hydrogen-bond acceptors (Lipinski definition) is 2. The third-order valence-electron chi connectivity index (χ3n) is 1.42. The lowest BCUT2D eigenvalue weighted by Gasteiger charge is -1.93. The van der Waals surface area contributed by atoms with Crippen LogP contribution in [0.1, 0.15) is 5.56 Å². The van der Waals surface area contributed by atoms with Gasteiger partial charge in [0.05, 0.1) is 0 Å². The zero-order valence-electron chi connectivity index (χ0n) is 5.86. The minimum atomic E-state index is 0.758. The highest BCUT2D eigenvalue weighted by molar-refractivity contribution is 5.79. The van der Waals surface area contributed by atoms with E-state index in [2.05, 4.69) is 15.7 Å². The molecule has 0 saturated carbocycles. The molecule has 1 aliphatic rings. The topological polar surface area (TPSA) is 25.2 Å². The fourth-order valence-corrected chi connectivity index (χ4v) is 0.919. The first kappa shape index (κ1) is 6.08. The molecule has 52 valence electrons. The molecule has 0 N–H and O–H groups in total. The first-order valence-corrected chi connectivity index (χ1v) is 3.37. The van der Waals surface area contributed by atoms with Crippen molar-refractivity contribution in [1.82, 2.24) is 4.98 Å². The van der Waals surface area contributed by atoms with Gasteiger partial charge in [0, 0.05) is 18.0 Å². The van der Waals surface area contributed by atoms with Gasteiger partial charge in [-0.05, 0) is 24.3 Å². The van der Waals surface area contributed by atoms with E-state index in [0.29, 0.717) is 0 Å².